The summed E-state index contributed by atoms with van der Waals surface area (Å²) in [6.07, 6.45) is 4.46. The normalized spacial score (nSPS) is 15.0. The van der Waals surface area contributed by atoms with E-state index in [0.717, 1.165) is 25.3 Å². The molecule has 23 heavy (non-hydrogen) atoms. The van der Waals surface area contributed by atoms with Crippen LogP contribution < -0.4 is 10.0 Å². The van der Waals surface area contributed by atoms with E-state index >= 15 is 0 Å². The van der Waals surface area contributed by atoms with Gasteiger partial charge < -0.3 is 10.4 Å². The van der Waals surface area contributed by atoms with Gasteiger partial charge in [0, 0.05) is 24.8 Å². The number of sulfonamides is 1. The summed E-state index contributed by atoms with van der Waals surface area (Å²) in [6.45, 7) is 0.395. The minimum absolute atomic E-state index is 0.0520. The van der Waals surface area contributed by atoms with Crippen LogP contribution in [0.4, 0.5) is 0 Å². The lowest BCUT2D eigenvalue weighted by Crippen LogP contribution is -2.37. The molecule has 1 amide bonds. The highest BCUT2D eigenvalue weighted by Gasteiger charge is 2.20. The molecule has 8 nitrogen and oxygen atoms in total. The Morgan fingerprint density at radius 1 is 1.35 bits per heavy atom. The van der Waals surface area contributed by atoms with Crippen LogP contribution >= 0.6 is 0 Å². The topological polar surface area (TPSA) is 125 Å². The number of aromatic nitrogens is 1. The number of nitrogens with zero attached hydrogens (tertiary/aromatic N) is 1. The molecule has 1 fully saturated rings. The van der Waals surface area contributed by atoms with Crippen LogP contribution in [-0.2, 0) is 10.0 Å². The Balaban J connectivity index is 1.79. The Labute approximate surface area is 134 Å². The third-order valence-corrected chi connectivity index (χ3v) is 5.06. The molecular weight excluding hydrogens is 322 g/mol. The smallest absolute Gasteiger partial charge is 0.354 e. The largest absolute Gasteiger partial charge is 0.477 e. The second-order valence-corrected chi connectivity index (χ2v) is 7.38. The maximum absolute atomic E-state index is 11.9. The SMILES string of the molecule is O=C(NCCS(=O)(=O)NCC1CCC1)c1ccnc(C(=O)O)c1. The lowest BCUT2D eigenvalue weighted by atomic mass is 9.86. The van der Waals surface area contributed by atoms with Gasteiger partial charge in [-0.15, -0.1) is 0 Å². The molecule has 0 aromatic carbocycles. The zero-order valence-electron chi connectivity index (χ0n) is 12.5. The molecule has 126 valence electrons. The highest BCUT2D eigenvalue weighted by atomic mass is 32.2. The van der Waals surface area contributed by atoms with Crippen LogP contribution in [0.15, 0.2) is 18.3 Å². The number of hydrogen-bond acceptors (Lipinski definition) is 5. The molecule has 0 spiro atoms. The first-order valence-electron chi connectivity index (χ1n) is 7.32. The Bertz CT molecular complexity index is 685. The molecule has 1 saturated carbocycles. The number of amides is 1. The molecule has 2 rings (SSSR count). The molecule has 0 saturated heterocycles. The summed E-state index contributed by atoms with van der Waals surface area (Å²) in [5.41, 5.74) is -0.121. The monoisotopic (exact) mass is 341 g/mol. The summed E-state index contributed by atoms with van der Waals surface area (Å²) in [5, 5.41) is 11.3. The van der Waals surface area contributed by atoms with Crippen molar-refractivity contribution < 1.29 is 23.1 Å². The summed E-state index contributed by atoms with van der Waals surface area (Å²) in [6, 6.07) is 2.51. The lowest BCUT2D eigenvalue weighted by Gasteiger charge is -2.25. The number of pyridine rings is 1. The first-order valence-corrected chi connectivity index (χ1v) is 8.97. The third kappa shape index (κ3) is 5.29. The number of carbonyl (C=O) groups is 2. The Hall–Kier alpha value is -2.00. The van der Waals surface area contributed by atoms with Crippen molar-refractivity contribution in [2.75, 3.05) is 18.8 Å². The van der Waals surface area contributed by atoms with Crippen LogP contribution in [0, 0.1) is 5.92 Å². The molecule has 0 unspecified atom stereocenters. The molecule has 0 aliphatic heterocycles. The minimum atomic E-state index is -3.42. The van der Waals surface area contributed by atoms with Crippen LogP contribution in [0.5, 0.6) is 0 Å². The number of carboxylic acids is 1. The molecule has 1 aliphatic rings. The highest BCUT2D eigenvalue weighted by molar-refractivity contribution is 7.89. The van der Waals surface area contributed by atoms with Gasteiger partial charge in [0.1, 0.15) is 5.69 Å². The number of rotatable bonds is 8. The standard InChI is InChI=1S/C14H19N3O5S/c18-13(11-4-5-15-12(8-11)14(19)20)16-6-7-23(21,22)17-9-10-2-1-3-10/h4-5,8,10,17H,1-3,6-7,9H2,(H,16,18)(H,19,20). The van der Waals surface area contributed by atoms with Crippen LogP contribution in [0.3, 0.4) is 0 Å². The zero-order valence-corrected chi connectivity index (χ0v) is 13.3. The van der Waals surface area contributed by atoms with E-state index in [1.165, 1.54) is 12.3 Å². The van der Waals surface area contributed by atoms with Crippen LogP contribution in [0.2, 0.25) is 0 Å². The summed E-state index contributed by atoms with van der Waals surface area (Å²) in [4.78, 5) is 26.3. The first-order chi connectivity index (χ1) is 10.9. The van der Waals surface area contributed by atoms with E-state index in [1.807, 2.05) is 0 Å². The first kappa shape index (κ1) is 17.4. The van der Waals surface area contributed by atoms with Crippen LogP contribution in [0.25, 0.3) is 0 Å². The highest BCUT2D eigenvalue weighted by Crippen LogP contribution is 2.25. The van der Waals surface area contributed by atoms with Gasteiger partial charge in [0.25, 0.3) is 5.91 Å². The number of hydrogen-bond donors (Lipinski definition) is 3. The quantitative estimate of drug-likeness (QED) is 0.621. The molecule has 3 N–H and O–H groups in total. The number of nitrogens with one attached hydrogen (secondary N) is 2. The van der Waals surface area contributed by atoms with E-state index in [9.17, 15) is 18.0 Å². The van der Waals surface area contributed by atoms with Gasteiger partial charge in [-0.1, -0.05) is 6.42 Å². The van der Waals surface area contributed by atoms with Gasteiger partial charge in [-0.05, 0) is 30.9 Å². The third-order valence-electron chi connectivity index (χ3n) is 3.71. The van der Waals surface area contributed by atoms with Gasteiger partial charge in [0.05, 0.1) is 5.75 Å². The van der Waals surface area contributed by atoms with Gasteiger partial charge in [-0.25, -0.2) is 22.9 Å². The van der Waals surface area contributed by atoms with Gasteiger partial charge in [-0.2, -0.15) is 0 Å². The van der Waals surface area contributed by atoms with E-state index < -0.39 is 21.9 Å². The predicted molar refractivity (Wildman–Crippen MR) is 82.7 cm³/mol. The fourth-order valence-electron chi connectivity index (χ4n) is 2.10. The van der Waals surface area contributed by atoms with E-state index in [0.29, 0.717) is 12.5 Å². The number of aromatic carboxylic acids is 1. The number of carbonyl (C=O) groups excluding carboxylic acids is 1. The fraction of sp³-hybridized carbons (Fsp3) is 0.500. The van der Waals surface area contributed by atoms with Crippen molar-refractivity contribution in [2.45, 2.75) is 19.3 Å². The molecule has 1 aromatic rings. The second kappa shape index (κ2) is 7.51. The summed E-state index contributed by atoms with van der Waals surface area (Å²) >= 11 is 0. The maximum atomic E-state index is 11.9. The van der Waals surface area contributed by atoms with Gasteiger partial charge in [0.15, 0.2) is 0 Å². The van der Waals surface area contributed by atoms with Crippen molar-refractivity contribution in [3.8, 4) is 0 Å². The Morgan fingerprint density at radius 2 is 2.09 bits per heavy atom. The van der Waals surface area contributed by atoms with Crippen molar-refractivity contribution in [3.63, 3.8) is 0 Å². The van der Waals surface area contributed by atoms with Gasteiger partial charge in [0.2, 0.25) is 10.0 Å². The average Bonchev–Trinajstić information content (AvgIpc) is 2.45. The van der Waals surface area contributed by atoms with Crippen molar-refractivity contribution in [2.24, 2.45) is 5.92 Å². The van der Waals surface area contributed by atoms with E-state index in [4.69, 9.17) is 5.11 Å². The molecule has 1 aromatic heterocycles. The van der Waals surface area contributed by atoms with Crippen molar-refractivity contribution >= 4 is 21.9 Å². The summed E-state index contributed by atoms with van der Waals surface area (Å²) in [5.74, 6) is -1.57. The van der Waals surface area contributed by atoms with Gasteiger partial charge >= 0.3 is 5.97 Å². The Morgan fingerprint density at radius 3 is 2.70 bits per heavy atom. The minimum Gasteiger partial charge on any atom is -0.477 e. The molecule has 1 aliphatic carbocycles. The van der Waals surface area contributed by atoms with E-state index in [2.05, 4.69) is 15.0 Å². The lowest BCUT2D eigenvalue weighted by molar-refractivity contribution is 0.0690. The molecule has 1 heterocycles. The molecule has 0 atom stereocenters. The maximum Gasteiger partial charge on any atom is 0.354 e. The van der Waals surface area contributed by atoms with Crippen molar-refractivity contribution in [1.82, 2.24) is 15.0 Å². The fourth-order valence-corrected chi connectivity index (χ4v) is 3.11. The van der Waals surface area contributed by atoms with E-state index in [1.54, 1.807) is 0 Å². The van der Waals surface area contributed by atoms with Crippen LogP contribution in [-0.4, -0.2) is 49.2 Å². The predicted octanol–water partition coefficient (Wildman–Crippen LogP) is 0.229. The van der Waals surface area contributed by atoms with Crippen molar-refractivity contribution in [1.29, 1.82) is 0 Å². The molecule has 0 bridgehead atoms. The van der Waals surface area contributed by atoms with E-state index in [-0.39, 0.29) is 23.6 Å². The summed E-state index contributed by atoms with van der Waals surface area (Å²) in [7, 11) is -3.42. The molecular formula is C14H19N3O5S. The van der Waals surface area contributed by atoms with Gasteiger partial charge in [-0.3, -0.25) is 4.79 Å². The molecule has 0 radical (unpaired) electrons. The zero-order chi connectivity index (χ0) is 16.9. The number of carboxylic acid groups (broad SMARTS) is 1. The van der Waals surface area contributed by atoms with Crippen LogP contribution in [0.1, 0.15) is 40.1 Å². The molecule has 9 heteroatoms. The summed E-state index contributed by atoms with van der Waals surface area (Å²) < 4.78 is 26.1. The Kier molecular flexibility index (Phi) is 5.67. The average molecular weight is 341 g/mol. The second-order valence-electron chi connectivity index (χ2n) is 5.46. The van der Waals surface area contributed by atoms with Crippen molar-refractivity contribution in [3.05, 3.63) is 29.6 Å².